The Balaban J connectivity index is 0.000000337. The van der Waals surface area contributed by atoms with Crippen molar-refractivity contribution < 1.29 is 38.4 Å². The van der Waals surface area contributed by atoms with Crippen molar-refractivity contribution in [3.05, 3.63) is 96.1 Å². The number of allylic oxidation sites excluding steroid dienone is 2. The summed E-state index contributed by atoms with van der Waals surface area (Å²) in [5.41, 5.74) is 10.1. The van der Waals surface area contributed by atoms with E-state index >= 15 is 0 Å². The van der Waals surface area contributed by atoms with E-state index in [0.717, 1.165) is 60.8 Å². The van der Waals surface area contributed by atoms with E-state index in [9.17, 15) is 38.4 Å². The lowest BCUT2D eigenvalue weighted by Gasteiger charge is -2.36. The fraction of sp³-hybridized carbons (Fsp3) is 0.567. The van der Waals surface area contributed by atoms with Gasteiger partial charge in [0.05, 0.1) is 12.1 Å². The number of nitrogens with one attached hydrogen (secondary N) is 6. The highest BCUT2D eigenvalue weighted by Gasteiger charge is 2.37. The van der Waals surface area contributed by atoms with Crippen molar-refractivity contribution in [1.29, 1.82) is 0 Å². The summed E-state index contributed by atoms with van der Waals surface area (Å²) in [6, 6.07) is 11.3. The highest BCUT2D eigenvalue weighted by Crippen LogP contribution is 2.21. The molecule has 4 bridgehead atoms. The first-order valence-electron chi connectivity index (χ1n) is 28.1. The predicted molar refractivity (Wildman–Crippen MR) is 306 cm³/mol. The molecular weight excluding hydrogens is 989 g/mol. The predicted octanol–water partition coefficient (Wildman–Crippen LogP) is 6.67. The molecule has 2 aromatic rings. The first kappa shape index (κ1) is 63.9. The molecule has 3 aliphatic rings. The average molecular weight is 1080 g/mol. The van der Waals surface area contributed by atoms with Gasteiger partial charge >= 0.3 is 0 Å². The summed E-state index contributed by atoms with van der Waals surface area (Å²) < 4.78 is 0. The SMILES string of the molecule is C=CCCCCC(=O)N(C)[C@H](C(=O)N[C@@H](C)C(=O)N1CCC[C@@H](C(=O)N[C@H](C)c2cccc(C=C)c2)N1)C(C)C.CC(C)[C@H]1C(=O)N[C@@H](C)C(=O)N2CCC[C@H](N2)C(=O)N[C@H](C)c2cccc(c2)/C=C/CCCCC(=O)N1C. The molecule has 18 nitrogen and oxygen atoms in total. The molecule has 0 radical (unpaired) electrons. The second-order valence-corrected chi connectivity index (χ2v) is 21.7. The van der Waals surface area contributed by atoms with E-state index in [1.165, 1.54) is 19.8 Å². The molecule has 5 rings (SSSR count). The van der Waals surface area contributed by atoms with Crippen LogP contribution in [0.4, 0.5) is 0 Å². The average Bonchev–Trinajstić information content (AvgIpc) is 3.42. The molecule has 78 heavy (non-hydrogen) atoms. The summed E-state index contributed by atoms with van der Waals surface area (Å²) in [6.07, 6.45) is 15.8. The molecule has 0 aliphatic carbocycles. The lowest BCUT2D eigenvalue weighted by Crippen LogP contribution is -2.62. The lowest BCUT2D eigenvalue weighted by molar-refractivity contribution is -0.146. The summed E-state index contributed by atoms with van der Waals surface area (Å²) in [5, 5.41) is 14.5. The smallest absolute Gasteiger partial charge is 0.258 e. The maximum atomic E-state index is 13.2. The first-order chi connectivity index (χ1) is 37.1. The number of benzene rings is 2. The van der Waals surface area contributed by atoms with Gasteiger partial charge in [-0.05, 0) is 138 Å². The number of hydrogen-bond acceptors (Lipinski definition) is 10. The van der Waals surface area contributed by atoms with Gasteiger partial charge in [-0.15, -0.1) is 6.58 Å². The van der Waals surface area contributed by atoms with Gasteiger partial charge in [-0.25, -0.2) is 10.9 Å². The fourth-order valence-electron chi connectivity index (χ4n) is 9.98. The zero-order chi connectivity index (χ0) is 57.6. The molecule has 8 atom stereocenters. The summed E-state index contributed by atoms with van der Waals surface area (Å²) in [7, 11) is 3.29. The number of nitrogens with zero attached hydrogens (tertiary/aromatic N) is 4. The van der Waals surface area contributed by atoms with E-state index in [1.54, 1.807) is 34.0 Å². The maximum absolute atomic E-state index is 13.2. The van der Waals surface area contributed by atoms with Crippen molar-refractivity contribution in [3.63, 3.8) is 0 Å². The summed E-state index contributed by atoms with van der Waals surface area (Å²) >= 11 is 0. The Morgan fingerprint density at radius 3 is 2.22 bits per heavy atom. The third-order valence-electron chi connectivity index (χ3n) is 14.6. The van der Waals surface area contributed by atoms with Crippen LogP contribution < -0.4 is 32.1 Å². The van der Waals surface area contributed by atoms with Crippen molar-refractivity contribution in [2.24, 2.45) is 11.8 Å². The number of rotatable bonds is 15. The second kappa shape index (κ2) is 31.7. The molecule has 8 amide bonds. The van der Waals surface area contributed by atoms with Gasteiger partial charge in [-0.3, -0.25) is 48.4 Å². The van der Waals surface area contributed by atoms with Crippen LogP contribution in [-0.2, 0) is 38.4 Å². The zero-order valence-corrected chi connectivity index (χ0v) is 48.1. The van der Waals surface area contributed by atoms with Gasteiger partial charge in [-0.2, -0.15) is 0 Å². The van der Waals surface area contributed by atoms with Crippen molar-refractivity contribution in [2.75, 3.05) is 27.2 Å². The summed E-state index contributed by atoms with van der Waals surface area (Å²) in [5.74, 6) is -2.21. The molecule has 2 saturated heterocycles. The van der Waals surface area contributed by atoms with E-state index in [1.807, 2.05) is 90.1 Å². The van der Waals surface area contributed by atoms with Crippen molar-refractivity contribution in [3.8, 4) is 0 Å². The maximum Gasteiger partial charge on any atom is 0.258 e. The molecule has 2 fully saturated rings. The quantitative estimate of drug-likeness (QED) is 0.0822. The number of amides is 8. The van der Waals surface area contributed by atoms with Crippen molar-refractivity contribution >= 4 is 59.4 Å². The Kier molecular flexibility index (Phi) is 25.9. The molecule has 2 aromatic carbocycles. The van der Waals surface area contributed by atoms with Gasteiger partial charge < -0.3 is 31.1 Å². The highest BCUT2D eigenvalue weighted by molar-refractivity contribution is 5.93. The van der Waals surface area contributed by atoms with Gasteiger partial charge in [-0.1, -0.05) is 95.0 Å². The number of carbonyl (C=O) groups is 8. The second-order valence-electron chi connectivity index (χ2n) is 21.7. The van der Waals surface area contributed by atoms with E-state index in [0.29, 0.717) is 51.6 Å². The Labute approximate surface area is 463 Å². The third kappa shape index (κ3) is 19.1. The Morgan fingerprint density at radius 2 is 1.53 bits per heavy atom. The molecule has 0 unspecified atom stereocenters. The van der Waals surface area contributed by atoms with Crippen LogP contribution in [0.5, 0.6) is 0 Å². The van der Waals surface area contributed by atoms with Crippen molar-refractivity contribution in [2.45, 2.75) is 181 Å². The molecule has 6 N–H and O–H groups in total. The molecule has 18 heteroatoms. The van der Waals surface area contributed by atoms with Gasteiger partial charge in [0.15, 0.2) is 0 Å². The number of hydrazine groups is 2. The normalized spacial score (nSPS) is 22.4. The summed E-state index contributed by atoms with van der Waals surface area (Å²) in [4.78, 5) is 107. The summed E-state index contributed by atoms with van der Waals surface area (Å²) in [6.45, 7) is 23.0. The monoisotopic (exact) mass is 1080 g/mol. The van der Waals surface area contributed by atoms with Gasteiger partial charge in [0.1, 0.15) is 36.3 Å². The highest BCUT2D eigenvalue weighted by atomic mass is 16.2. The van der Waals surface area contributed by atoms with E-state index in [-0.39, 0.29) is 71.2 Å². The van der Waals surface area contributed by atoms with E-state index < -0.39 is 36.3 Å². The zero-order valence-electron chi connectivity index (χ0n) is 48.1. The van der Waals surface area contributed by atoms with Crippen LogP contribution in [0.25, 0.3) is 12.2 Å². The van der Waals surface area contributed by atoms with Crippen LogP contribution in [-0.4, -0.2) is 131 Å². The molecule has 3 heterocycles. The topological polar surface area (TPSA) is 222 Å². The van der Waals surface area contributed by atoms with Gasteiger partial charge in [0, 0.05) is 40.0 Å². The lowest BCUT2D eigenvalue weighted by atomic mass is 10.0. The van der Waals surface area contributed by atoms with Crippen LogP contribution in [0, 0.1) is 11.8 Å². The largest absolute Gasteiger partial charge is 0.348 e. The van der Waals surface area contributed by atoms with Crippen LogP contribution in [0.15, 0.2) is 73.8 Å². The molecule has 3 aliphatic heterocycles. The van der Waals surface area contributed by atoms with E-state index in [4.69, 9.17) is 0 Å². The van der Waals surface area contributed by atoms with Gasteiger partial charge in [0.2, 0.25) is 35.4 Å². The molecule has 428 valence electrons. The number of unbranched alkanes of at least 4 members (excludes halogenated alkanes) is 2. The number of carbonyl (C=O) groups excluding carboxylic acids is 8. The molecule has 0 aromatic heterocycles. The minimum atomic E-state index is -0.834. The third-order valence-corrected chi connectivity index (χ3v) is 14.6. The molecule has 0 saturated carbocycles. The molecule has 0 spiro atoms. The minimum Gasteiger partial charge on any atom is -0.348 e. The van der Waals surface area contributed by atoms with Crippen molar-refractivity contribution in [1.82, 2.24) is 51.9 Å². The Hall–Kier alpha value is -6.66. The van der Waals surface area contributed by atoms with Crippen LogP contribution >= 0.6 is 0 Å². The van der Waals surface area contributed by atoms with Crippen LogP contribution in [0.2, 0.25) is 0 Å². The Morgan fingerprint density at radius 1 is 0.821 bits per heavy atom. The van der Waals surface area contributed by atoms with Crippen LogP contribution in [0.1, 0.15) is 167 Å². The first-order valence-corrected chi connectivity index (χ1v) is 28.1. The standard InChI is InChI=1S/C31H47N5O4.C29H43N5O4/c1-8-10-11-12-18-27(37)35(7)28(21(3)4)30(39)33-23(6)31(40)36-19-14-17-26(34-36)29(38)32-22(5)25-16-13-15-24(9-2)20-25;1-19(2)26-28(37)31-21(4)29(38)34-17-11-15-24(32-34)27(36)30-20(3)23-14-10-13-22(18-23)12-8-6-7-9-16-25(35)33(26)5/h8-9,13,15-16,20-23,26,28,34H,1-2,10-12,14,17-19H2,3-7H3,(H,32,38)(H,33,39);8,10,12-14,18-21,24,26,32H,6-7,9,11,15-17H2,1-5H3,(H,30,36)(H,31,37)/b;12-8+/t22-,23+,26+,28+;20-,21+,24+,26+/m11/s1. The number of hydrogen-bond donors (Lipinski definition) is 6. The number of likely N-dealkylation sites (N-methyl/N-ethyl adjacent to an activating group) is 2. The van der Waals surface area contributed by atoms with Crippen LogP contribution in [0.3, 0.4) is 0 Å². The number of fused-ring (bicyclic) bond motifs is 4. The fourth-order valence-corrected chi connectivity index (χ4v) is 9.98. The minimum absolute atomic E-state index is 0.0859. The van der Waals surface area contributed by atoms with E-state index in [2.05, 4.69) is 63.5 Å². The molecular formula is C60H90N10O8. The van der Waals surface area contributed by atoms with Gasteiger partial charge in [0.25, 0.3) is 11.8 Å². The Bertz CT molecular complexity index is 2420.